The molecule has 0 aliphatic carbocycles. The lowest BCUT2D eigenvalue weighted by molar-refractivity contribution is -0.0609. The zero-order valence-electron chi connectivity index (χ0n) is 11.6. The topological polar surface area (TPSA) is 29.5 Å². The van der Waals surface area contributed by atoms with Crippen LogP contribution in [-0.4, -0.2) is 11.4 Å². The molecule has 2 heteroatoms. The van der Waals surface area contributed by atoms with E-state index in [1.165, 1.54) is 64.2 Å². The van der Waals surface area contributed by atoms with Crippen molar-refractivity contribution in [3.05, 3.63) is 7.11 Å². The number of hydrogen-bond donors (Lipinski definition) is 1. The van der Waals surface area contributed by atoms with Crippen molar-refractivity contribution in [2.75, 3.05) is 0 Å². The summed E-state index contributed by atoms with van der Waals surface area (Å²) >= 11 is 0. The normalized spacial score (nSPS) is 12.9. The third-order valence-electron chi connectivity index (χ3n) is 3.25. The lowest BCUT2D eigenvalue weighted by Crippen LogP contribution is -2.06. The molecule has 103 valence electrons. The summed E-state index contributed by atoms with van der Waals surface area (Å²) in [5.74, 6) is 0. The van der Waals surface area contributed by atoms with Gasteiger partial charge in [-0.1, -0.05) is 71.1 Å². The molecule has 0 heterocycles. The van der Waals surface area contributed by atoms with Crippen LogP contribution < -0.4 is 0 Å². The fraction of sp³-hybridized carbons (Fsp3) is 0.933. The maximum absolute atomic E-state index is 9.12. The Bertz CT molecular complexity index is 137. The van der Waals surface area contributed by atoms with Crippen LogP contribution in [0.4, 0.5) is 0 Å². The van der Waals surface area contributed by atoms with E-state index in [1.807, 2.05) is 0 Å². The SMILES string of the molecule is [CH2]OC(O)CCCCCCCCCCCCC. The summed E-state index contributed by atoms with van der Waals surface area (Å²) in [5.41, 5.74) is 0. The molecule has 0 aliphatic heterocycles. The van der Waals surface area contributed by atoms with Gasteiger partial charge >= 0.3 is 0 Å². The first kappa shape index (κ1) is 16.9. The Labute approximate surface area is 108 Å². The van der Waals surface area contributed by atoms with E-state index in [0.29, 0.717) is 0 Å². The minimum atomic E-state index is -0.659. The molecule has 0 aromatic rings. The first-order valence-corrected chi connectivity index (χ1v) is 7.40. The standard InChI is InChI=1S/C15H31O2/c1-3-4-5-6-7-8-9-10-11-12-13-14-15(16)17-2/h15-16H,2-14H2,1H3. The summed E-state index contributed by atoms with van der Waals surface area (Å²) < 4.78 is 4.55. The van der Waals surface area contributed by atoms with Crippen molar-refractivity contribution in [1.29, 1.82) is 0 Å². The van der Waals surface area contributed by atoms with Crippen LogP contribution in [0.3, 0.4) is 0 Å². The molecule has 2 nitrogen and oxygen atoms in total. The van der Waals surface area contributed by atoms with E-state index in [1.54, 1.807) is 0 Å². The predicted octanol–water partition coefficient (Wildman–Crippen LogP) is 4.81. The summed E-state index contributed by atoms with van der Waals surface area (Å²) in [5, 5.41) is 9.12. The van der Waals surface area contributed by atoms with Gasteiger partial charge in [-0.3, -0.25) is 0 Å². The number of ether oxygens (including phenoxy) is 1. The lowest BCUT2D eigenvalue weighted by atomic mass is 10.1. The van der Waals surface area contributed by atoms with Crippen molar-refractivity contribution < 1.29 is 9.84 Å². The fourth-order valence-electron chi connectivity index (χ4n) is 2.07. The smallest absolute Gasteiger partial charge is 0.154 e. The quantitative estimate of drug-likeness (QED) is 0.371. The molecule has 0 amide bonds. The molecule has 0 fully saturated rings. The third kappa shape index (κ3) is 13.9. The number of unbranched alkanes of at least 4 members (excludes halogenated alkanes) is 10. The number of rotatable bonds is 13. The van der Waals surface area contributed by atoms with Crippen molar-refractivity contribution in [3.8, 4) is 0 Å². The summed E-state index contributed by atoms with van der Waals surface area (Å²) in [6, 6.07) is 0. The molecule has 17 heavy (non-hydrogen) atoms. The Kier molecular flexibility index (Phi) is 13.9. The Morgan fingerprint density at radius 1 is 0.824 bits per heavy atom. The van der Waals surface area contributed by atoms with Crippen LogP contribution in [0.5, 0.6) is 0 Å². The van der Waals surface area contributed by atoms with Crippen LogP contribution in [0.1, 0.15) is 84.0 Å². The summed E-state index contributed by atoms with van der Waals surface area (Å²) in [7, 11) is 3.21. The molecule has 1 atom stereocenters. The molecule has 0 bridgehead atoms. The molecule has 0 spiro atoms. The molecular weight excluding hydrogens is 212 g/mol. The second-order valence-corrected chi connectivity index (χ2v) is 4.95. The Morgan fingerprint density at radius 2 is 1.24 bits per heavy atom. The first-order chi connectivity index (χ1) is 8.31. The van der Waals surface area contributed by atoms with Gasteiger partial charge < -0.3 is 9.84 Å². The highest BCUT2D eigenvalue weighted by Gasteiger charge is 1.99. The third-order valence-corrected chi connectivity index (χ3v) is 3.25. The molecule has 0 aliphatic rings. The van der Waals surface area contributed by atoms with Gasteiger partial charge in [0.15, 0.2) is 6.29 Å². The Morgan fingerprint density at radius 3 is 1.65 bits per heavy atom. The van der Waals surface area contributed by atoms with E-state index in [2.05, 4.69) is 18.8 Å². The van der Waals surface area contributed by atoms with Crippen LogP contribution in [0.2, 0.25) is 0 Å². The maximum Gasteiger partial charge on any atom is 0.154 e. The zero-order valence-corrected chi connectivity index (χ0v) is 11.6. The highest BCUT2D eigenvalue weighted by molar-refractivity contribution is 4.49. The molecular formula is C15H31O2. The highest BCUT2D eigenvalue weighted by Crippen LogP contribution is 2.12. The maximum atomic E-state index is 9.12. The average Bonchev–Trinajstić information content (AvgIpc) is 2.35. The van der Waals surface area contributed by atoms with Gasteiger partial charge in [0.05, 0.1) is 7.11 Å². The van der Waals surface area contributed by atoms with E-state index >= 15 is 0 Å². The average molecular weight is 243 g/mol. The minimum absolute atomic E-state index is 0.659. The van der Waals surface area contributed by atoms with Crippen LogP contribution in [-0.2, 0) is 4.74 Å². The molecule has 0 rings (SSSR count). The minimum Gasteiger partial charge on any atom is -0.368 e. The van der Waals surface area contributed by atoms with Crippen molar-refractivity contribution in [2.45, 2.75) is 90.3 Å². The summed E-state index contributed by atoms with van der Waals surface area (Å²) in [4.78, 5) is 0. The van der Waals surface area contributed by atoms with Crippen LogP contribution >= 0.6 is 0 Å². The molecule has 0 aromatic heterocycles. The monoisotopic (exact) mass is 243 g/mol. The largest absolute Gasteiger partial charge is 0.368 e. The van der Waals surface area contributed by atoms with E-state index in [9.17, 15) is 0 Å². The molecule has 1 unspecified atom stereocenters. The van der Waals surface area contributed by atoms with E-state index < -0.39 is 6.29 Å². The van der Waals surface area contributed by atoms with Gasteiger partial charge in [-0.25, -0.2) is 0 Å². The second-order valence-electron chi connectivity index (χ2n) is 4.95. The van der Waals surface area contributed by atoms with Crippen molar-refractivity contribution >= 4 is 0 Å². The van der Waals surface area contributed by atoms with Crippen molar-refractivity contribution in [1.82, 2.24) is 0 Å². The molecule has 0 aromatic carbocycles. The highest BCUT2D eigenvalue weighted by atomic mass is 16.6. The Hall–Kier alpha value is -0.0800. The summed E-state index contributed by atoms with van der Waals surface area (Å²) in [6.07, 6.45) is 14.7. The van der Waals surface area contributed by atoms with Gasteiger partial charge in [-0.05, 0) is 12.8 Å². The lowest BCUT2D eigenvalue weighted by Gasteiger charge is -2.07. The van der Waals surface area contributed by atoms with Gasteiger partial charge in [0.2, 0.25) is 0 Å². The number of hydrogen-bond acceptors (Lipinski definition) is 2. The van der Waals surface area contributed by atoms with Gasteiger partial charge in [-0.15, -0.1) is 0 Å². The van der Waals surface area contributed by atoms with Crippen molar-refractivity contribution in [3.63, 3.8) is 0 Å². The fourth-order valence-corrected chi connectivity index (χ4v) is 2.07. The second kappa shape index (κ2) is 14.0. The Balaban J connectivity index is 2.94. The van der Waals surface area contributed by atoms with Gasteiger partial charge in [0.25, 0.3) is 0 Å². The van der Waals surface area contributed by atoms with E-state index in [0.717, 1.165) is 12.8 Å². The number of aliphatic hydroxyl groups is 1. The van der Waals surface area contributed by atoms with Crippen LogP contribution in [0.15, 0.2) is 0 Å². The molecule has 1 N–H and O–H groups in total. The molecule has 0 saturated carbocycles. The van der Waals surface area contributed by atoms with E-state index in [4.69, 9.17) is 5.11 Å². The first-order valence-electron chi connectivity index (χ1n) is 7.40. The van der Waals surface area contributed by atoms with Gasteiger partial charge in [0.1, 0.15) is 0 Å². The van der Waals surface area contributed by atoms with Gasteiger partial charge in [-0.2, -0.15) is 0 Å². The number of aliphatic hydroxyl groups excluding tert-OH is 1. The molecule has 1 radical (unpaired) electrons. The van der Waals surface area contributed by atoms with Gasteiger partial charge in [0, 0.05) is 0 Å². The van der Waals surface area contributed by atoms with Crippen molar-refractivity contribution in [2.24, 2.45) is 0 Å². The van der Waals surface area contributed by atoms with Crippen LogP contribution in [0.25, 0.3) is 0 Å². The van der Waals surface area contributed by atoms with E-state index in [-0.39, 0.29) is 0 Å². The zero-order chi connectivity index (χ0) is 12.8. The van der Waals surface area contributed by atoms with Crippen LogP contribution in [0, 0.1) is 7.11 Å². The predicted molar refractivity (Wildman–Crippen MR) is 73.5 cm³/mol. The summed E-state index contributed by atoms with van der Waals surface area (Å²) in [6.45, 7) is 2.26. The molecule has 0 saturated heterocycles.